The fraction of sp³-hybridized carbons (Fsp3) is 0.0256. The van der Waals surface area contributed by atoms with Crippen LogP contribution in [0.4, 0.5) is 0 Å². The van der Waals surface area contributed by atoms with Gasteiger partial charge < -0.3 is 4.57 Å². The summed E-state index contributed by atoms with van der Waals surface area (Å²) >= 11 is 0. The van der Waals surface area contributed by atoms with E-state index in [0.717, 1.165) is 66.4 Å². The molecule has 0 amide bonds. The Kier molecular flexibility index (Phi) is 6.12. The zero-order chi connectivity index (χ0) is 28.6. The number of rotatable bonds is 4. The second kappa shape index (κ2) is 10.3. The summed E-state index contributed by atoms with van der Waals surface area (Å²) in [7, 11) is 0. The van der Waals surface area contributed by atoms with Crippen molar-refractivity contribution in [1.29, 1.82) is 10.5 Å². The van der Waals surface area contributed by atoms with Crippen LogP contribution in [0.5, 0.6) is 0 Å². The van der Waals surface area contributed by atoms with Crippen molar-refractivity contribution in [3.63, 3.8) is 0 Å². The maximum atomic E-state index is 10.5. The number of hydrogen-bond donors (Lipinski definition) is 0. The van der Waals surface area contributed by atoms with Crippen molar-refractivity contribution in [1.82, 2.24) is 4.57 Å². The van der Waals surface area contributed by atoms with Crippen molar-refractivity contribution in [2.24, 2.45) is 0 Å². The summed E-state index contributed by atoms with van der Waals surface area (Å²) in [5.41, 5.74) is 11.1. The maximum absolute atomic E-state index is 10.5. The van der Waals surface area contributed by atoms with Crippen molar-refractivity contribution in [2.45, 2.75) is 6.92 Å². The largest absolute Gasteiger partial charge is 0.307 e. The van der Waals surface area contributed by atoms with E-state index in [-0.39, 0.29) is 0 Å². The second-order valence-corrected chi connectivity index (χ2v) is 10.4. The summed E-state index contributed by atoms with van der Waals surface area (Å²) in [6, 6.07) is 50.4. The number of nitrogens with zero attached hydrogens (tertiary/aromatic N) is 3. The van der Waals surface area contributed by atoms with Crippen molar-refractivity contribution in [2.75, 3.05) is 0 Å². The van der Waals surface area contributed by atoms with Crippen LogP contribution in [0.15, 0.2) is 133 Å². The number of benzene rings is 6. The van der Waals surface area contributed by atoms with Crippen LogP contribution in [0, 0.1) is 29.6 Å². The molecule has 0 aliphatic heterocycles. The standard InChI is InChI=1S/C39H25N3/c1-26-32(24-40)21-33(25-41)39(38(26)29-15-9-4-10-16-29)42-36-19-17-30(27-11-5-2-6-12-27)22-34(36)35-23-31(18-20-37(35)42)28-13-7-3-8-14-28/h2-23H,1H3. The molecule has 1 aromatic heterocycles. The summed E-state index contributed by atoms with van der Waals surface area (Å²) in [5.74, 6) is 0. The molecule has 42 heavy (non-hydrogen) atoms. The smallest absolute Gasteiger partial charge is 0.101 e. The molecule has 0 aliphatic carbocycles. The Balaban J connectivity index is 1.63. The average molecular weight is 536 g/mol. The zero-order valence-corrected chi connectivity index (χ0v) is 23.0. The Labute approximate surface area is 244 Å². The first-order valence-electron chi connectivity index (χ1n) is 13.9. The summed E-state index contributed by atoms with van der Waals surface area (Å²) in [4.78, 5) is 0. The first-order valence-corrected chi connectivity index (χ1v) is 13.9. The van der Waals surface area contributed by atoms with Gasteiger partial charge in [-0.1, -0.05) is 103 Å². The number of hydrogen-bond acceptors (Lipinski definition) is 2. The van der Waals surface area contributed by atoms with Crippen LogP contribution >= 0.6 is 0 Å². The first-order chi connectivity index (χ1) is 20.7. The van der Waals surface area contributed by atoms with Crippen LogP contribution in [-0.2, 0) is 0 Å². The molecule has 0 bridgehead atoms. The third kappa shape index (κ3) is 4.05. The van der Waals surface area contributed by atoms with E-state index in [1.807, 2.05) is 49.4 Å². The van der Waals surface area contributed by atoms with Crippen LogP contribution in [0.2, 0.25) is 0 Å². The van der Waals surface area contributed by atoms with Crippen LogP contribution in [0.25, 0.3) is 60.9 Å². The number of aromatic nitrogens is 1. The van der Waals surface area contributed by atoms with Gasteiger partial charge in [0.15, 0.2) is 0 Å². The lowest BCUT2D eigenvalue weighted by atomic mass is 9.91. The average Bonchev–Trinajstić information content (AvgIpc) is 3.38. The minimum absolute atomic E-state index is 0.467. The maximum Gasteiger partial charge on any atom is 0.101 e. The summed E-state index contributed by atoms with van der Waals surface area (Å²) in [6.45, 7) is 1.97. The number of fused-ring (bicyclic) bond motifs is 3. The van der Waals surface area contributed by atoms with E-state index in [1.54, 1.807) is 6.07 Å². The van der Waals surface area contributed by atoms with Crippen LogP contribution in [0.1, 0.15) is 16.7 Å². The zero-order valence-electron chi connectivity index (χ0n) is 23.0. The second-order valence-electron chi connectivity index (χ2n) is 10.4. The van der Waals surface area contributed by atoms with Gasteiger partial charge in [-0.15, -0.1) is 0 Å². The van der Waals surface area contributed by atoms with Crippen molar-refractivity contribution in [3.05, 3.63) is 150 Å². The molecule has 0 saturated carbocycles. The molecule has 0 spiro atoms. The Hall–Kier alpha value is -5.90. The molecule has 7 rings (SSSR count). The topological polar surface area (TPSA) is 52.5 Å². The fourth-order valence-electron chi connectivity index (χ4n) is 6.04. The summed E-state index contributed by atoms with van der Waals surface area (Å²) < 4.78 is 2.21. The van der Waals surface area contributed by atoms with Crippen LogP contribution in [0.3, 0.4) is 0 Å². The van der Waals surface area contributed by atoms with E-state index in [2.05, 4.69) is 102 Å². The predicted molar refractivity (Wildman–Crippen MR) is 171 cm³/mol. The van der Waals surface area contributed by atoms with E-state index in [9.17, 15) is 10.5 Å². The highest BCUT2D eigenvalue weighted by Crippen LogP contribution is 2.42. The van der Waals surface area contributed by atoms with Crippen molar-refractivity contribution >= 4 is 21.8 Å². The third-order valence-electron chi connectivity index (χ3n) is 8.07. The molecule has 7 aromatic rings. The van der Waals surface area contributed by atoms with Gasteiger partial charge in [0, 0.05) is 16.3 Å². The van der Waals surface area contributed by atoms with Crippen LogP contribution in [-0.4, -0.2) is 4.57 Å². The summed E-state index contributed by atoms with van der Waals surface area (Å²) in [6.07, 6.45) is 0. The molecule has 0 atom stereocenters. The quantitative estimate of drug-likeness (QED) is 0.225. The van der Waals surface area contributed by atoms with Gasteiger partial charge >= 0.3 is 0 Å². The van der Waals surface area contributed by atoms with Gasteiger partial charge in [0.1, 0.15) is 6.07 Å². The lowest BCUT2D eigenvalue weighted by Gasteiger charge is -2.19. The number of nitriles is 2. The molecule has 3 heteroatoms. The highest BCUT2D eigenvalue weighted by atomic mass is 15.0. The highest BCUT2D eigenvalue weighted by molar-refractivity contribution is 6.12. The third-order valence-corrected chi connectivity index (χ3v) is 8.07. The van der Waals surface area contributed by atoms with Crippen LogP contribution < -0.4 is 0 Å². The minimum atomic E-state index is 0.467. The molecular weight excluding hydrogens is 510 g/mol. The van der Waals surface area contributed by atoms with Gasteiger partial charge in [0.25, 0.3) is 0 Å². The van der Waals surface area contributed by atoms with Gasteiger partial charge in [-0.3, -0.25) is 0 Å². The van der Waals surface area contributed by atoms with E-state index in [0.29, 0.717) is 11.1 Å². The molecule has 6 aromatic carbocycles. The first kappa shape index (κ1) is 25.1. The Morgan fingerprint density at radius 2 is 0.929 bits per heavy atom. The Morgan fingerprint density at radius 1 is 0.476 bits per heavy atom. The molecule has 196 valence electrons. The SMILES string of the molecule is Cc1c(C#N)cc(C#N)c(-n2c3ccc(-c4ccccc4)cc3c3cc(-c4ccccc4)ccc32)c1-c1ccccc1. The van der Waals surface area contributed by atoms with E-state index in [1.165, 1.54) is 0 Å². The van der Waals surface area contributed by atoms with Gasteiger partial charge in [-0.2, -0.15) is 10.5 Å². The Morgan fingerprint density at radius 3 is 1.38 bits per heavy atom. The van der Waals surface area contributed by atoms with Crippen molar-refractivity contribution in [3.8, 4) is 51.2 Å². The molecule has 0 N–H and O–H groups in total. The van der Waals surface area contributed by atoms with Gasteiger partial charge in [-0.25, -0.2) is 0 Å². The monoisotopic (exact) mass is 535 g/mol. The molecule has 3 nitrogen and oxygen atoms in total. The van der Waals surface area contributed by atoms with Gasteiger partial charge in [0.2, 0.25) is 0 Å². The van der Waals surface area contributed by atoms with Gasteiger partial charge in [-0.05, 0) is 70.6 Å². The molecule has 0 unspecified atom stereocenters. The molecule has 0 radical (unpaired) electrons. The Bertz CT molecular complexity index is 2100. The molecule has 0 fully saturated rings. The van der Waals surface area contributed by atoms with Crippen molar-refractivity contribution < 1.29 is 0 Å². The van der Waals surface area contributed by atoms with E-state index < -0.39 is 0 Å². The lowest BCUT2D eigenvalue weighted by molar-refractivity contribution is 1.16. The minimum Gasteiger partial charge on any atom is -0.307 e. The highest BCUT2D eigenvalue weighted by Gasteiger charge is 2.23. The predicted octanol–water partition coefficient (Wildman–Crippen LogP) is 9.84. The van der Waals surface area contributed by atoms with E-state index in [4.69, 9.17) is 0 Å². The fourth-order valence-corrected chi connectivity index (χ4v) is 6.04. The van der Waals surface area contributed by atoms with E-state index >= 15 is 0 Å². The molecule has 1 heterocycles. The summed E-state index contributed by atoms with van der Waals surface area (Å²) in [5, 5.41) is 22.7. The normalized spacial score (nSPS) is 10.9. The molecule has 0 saturated heterocycles. The lowest BCUT2D eigenvalue weighted by Crippen LogP contribution is -2.04. The molecular formula is C39H25N3. The van der Waals surface area contributed by atoms with Gasteiger partial charge in [0.05, 0.1) is 33.9 Å². The molecule has 0 aliphatic rings.